The summed E-state index contributed by atoms with van der Waals surface area (Å²) in [5.74, 6) is 1.03. The Bertz CT molecular complexity index is 871. The highest BCUT2D eigenvalue weighted by Crippen LogP contribution is 2.33. The SMILES string of the molecule is COC(=O)c1ccc(C(C)Sc2n[nH]c(/C=C/c3ccccc3)n2)o1. The zero-order chi connectivity index (χ0) is 17.6. The number of methoxy groups -OCH3 is 1. The molecular formula is C18H17N3O3S. The first kappa shape index (κ1) is 17.0. The van der Waals surface area contributed by atoms with Crippen molar-refractivity contribution in [3.05, 3.63) is 65.4 Å². The number of carbonyl (C=O) groups excluding carboxylic acids is 1. The number of esters is 1. The molecule has 6 nitrogen and oxygen atoms in total. The molecule has 0 saturated heterocycles. The monoisotopic (exact) mass is 355 g/mol. The molecule has 0 aliphatic carbocycles. The van der Waals surface area contributed by atoms with Crippen molar-refractivity contribution in [2.75, 3.05) is 7.11 Å². The number of nitrogens with one attached hydrogen (secondary N) is 1. The Labute approximate surface area is 149 Å². The van der Waals surface area contributed by atoms with E-state index in [4.69, 9.17) is 4.42 Å². The number of benzene rings is 1. The number of nitrogens with zero attached hydrogens (tertiary/aromatic N) is 2. The van der Waals surface area contributed by atoms with Gasteiger partial charge in [0.15, 0.2) is 0 Å². The van der Waals surface area contributed by atoms with Crippen molar-refractivity contribution in [2.24, 2.45) is 0 Å². The van der Waals surface area contributed by atoms with Crippen molar-refractivity contribution in [2.45, 2.75) is 17.3 Å². The molecule has 0 aliphatic rings. The molecule has 25 heavy (non-hydrogen) atoms. The Balaban J connectivity index is 1.63. The van der Waals surface area contributed by atoms with Crippen LogP contribution in [0.3, 0.4) is 0 Å². The summed E-state index contributed by atoms with van der Waals surface area (Å²) in [6.45, 7) is 1.96. The van der Waals surface area contributed by atoms with Gasteiger partial charge in [0, 0.05) is 0 Å². The number of furan rings is 1. The van der Waals surface area contributed by atoms with Gasteiger partial charge in [0.2, 0.25) is 10.9 Å². The van der Waals surface area contributed by atoms with Crippen molar-refractivity contribution < 1.29 is 13.9 Å². The third-order valence-electron chi connectivity index (χ3n) is 3.41. The molecule has 7 heteroatoms. The average molecular weight is 355 g/mol. The second kappa shape index (κ2) is 7.85. The summed E-state index contributed by atoms with van der Waals surface area (Å²) in [7, 11) is 1.32. The molecule has 1 unspecified atom stereocenters. The molecule has 1 atom stereocenters. The van der Waals surface area contributed by atoms with Gasteiger partial charge in [0.25, 0.3) is 0 Å². The fraction of sp³-hybridized carbons (Fsp3) is 0.167. The van der Waals surface area contributed by atoms with Gasteiger partial charge in [0.05, 0.1) is 12.4 Å². The summed E-state index contributed by atoms with van der Waals surface area (Å²) >= 11 is 1.44. The number of aromatic nitrogens is 3. The molecule has 1 aromatic carbocycles. The Morgan fingerprint density at radius 2 is 2.04 bits per heavy atom. The van der Waals surface area contributed by atoms with E-state index in [0.717, 1.165) is 5.56 Å². The number of H-pyrrole nitrogens is 1. The Kier molecular flexibility index (Phi) is 5.35. The molecule has 2 aromatic heterocycles. The summed E-state index contributed by atoms with van der Waals surface area (Å²) in [4.78, 5) is 15.9. The molecule has 3 aromatic rings. The predicted octanol–water partition coefficient (Wildman–Crippen LogP) is 4.21. The van der Waals surface area contributed by atoms with Crippen LogP contribution in [0.1, 0.15) is 39.9 Å². The number of aromatic amines is 1. The van der Waals surface area contributed by atoms with Crippen LogP contribution in [-0.2, 0) is 4.74 Å². The van der Waals surface area contributed by atoms with Gasteiger partial charge in [-0.3, -0.25) is 5.10 Å². The lowest BCUT2D eigenvalue weighted by Gasteiger charge is -2.04. The van der Waals surface area contributed by atoms with Crippen molar-refractivity contribution >= 4 is 29.9 Å². The van der Waals surface area contributed by atoms with E-state index < -0.39 is 5.97 Å². The van der Waals surface area contributed by atoms with Crippen molar-refractivity contribution in [3.63, 3.8) is 0 Å². The van der Waals surface area contributed by atoms with Gasteiger partial charge in [-0.1, -0.05) is 48.2 Å². The van der Waals surface area contributed by atoms with Gasteiger partial charge < -0.3 is 9.15 Å². The van der Waals surface area contributed by atoms with Crippen LogP contribution < -0.4 is 0 Å². The standard InChI is InChI=1S/C18H17N3O3S/c1-12(14-9-10-15(24-14)17(22)23-2)25-18-19-16(20-21-18)11-8-13-6-4-3-5-7-13/h3-12H,1-2H3,(H,19,20,21)/b11-8+. The van der Waals surface area contributed by atoms with Crippen molar-refractivity contribution in [3.8, 4) is 0 Å². The van der Waals surface area contributed by atoms with Crippen molar-refractivity contribution in [1.82, 2.24) is 15.2 Å². The Morgan fingerprint density at radius 1 is 1.24 bits per heavy atom. The zero-order valence-corrected chi connectivity index (χ0v) is 14.6. The number of rotatable bonds is 6. The lowest BCUT2D eigenvalue weighted by atomic mass is 10.2. The van der Waals surface area contributed by atoms with Gasteiger partial charge in [-0.25, -0.2) is 9.78 Å². The largest absolute Gasteiger partial charge is 0.463 e. The van der Waals surface area contributed by atoms with Gasteiger partial charge in [0.1, 0.15) is 11.6 Å². The molecule has 2 heterocycles. The number of hydrogen-bond acceptors (Lipinski definition) is 6. The Morgan fingerprint density at radius 3 is 2.80 bits per heavy atom. The smallest absolute Gasteiger partial charge is 0.373 e. The highest BCUT2D eigenvalue weighted by Gasteiger charge is 2.17. The van der Waals surface area contributed by atoms with Crippen molar-refractivity contribution in [1.29, 1.82) is 0 Å². The van der Waals surface area contributed by atoms with Crippen LogP contribution in [0.25, 0.3) is 12.2 Å². The third kappa shape index (κ3) is 4.39. The minimum absolute atomic E-state index is 0.0415. The summed E-state index contributed by atoms with van der Waals surface area (Å²) in [6.07, 6.45) is 3.84. The molecule has 128 valence electrons. The zero-order valence-electron chi connectivity index (χ0n) is 13.8. The summed E-state index contributed by atoms with van der Waals surface area (Å²) in [5, 5.41) is 7.65. The molecule has 0 fully saturated rings. The predicted molar refractivity (Wildman–Crippen MR) is 96.1 cm³/mol. The first-order chi connectivity index (χ1) is 12.2. The molecule has 1 N–H and O–H groups in total. The maximum absolute atomic E-state index is 11.4. The van der Waals surface area contributed by atoms with Crippen LogP contribution in [0.2, 0.25) is 0 Å². The van der Waals surface area contributed by atoms with Crippen LogP contribution in [-0.4, -0.2) is 28.3 Å². The fourth-order valence-electron chi connectivity index (χ4n) is 2.12. The normalized spacial score (nSPS) is 12.4. The molecule has 0 spiro atoms. The summed E-state index contributed by atoms with van der Waals surface area (Å²) in [5.41, 5.74) is 1.09. The van der Waals surface area contributed by atoms with Gasteiger partial charge in [-0.05, 0) is 30.7 Å². The van der Waals surface area contributed by atoms with E-state index in [1.807, 2.05) is 49.4 Å². The molecule has 3 rings (SSSR count). The van der Waals surface area contributed by atoms with Gasteiger partial charge >= 0.3 is 5.97 Å². The van der Waals surface area contributed by atoms with Gasteiger partial charge in [-0.2, -0.15) is 0 Å². The maximum Gasteiger partial charge on any atom is 0.373 e. The van der Waals surface area contributed by atoms with Crippen LogP contribution in [0.5, 0.6) is 0 Å². The number of thioether (sulfide) groups is 1. The lowest BCUT2D eigenvalue weighted by Crippen LogP contribution is -1.98. The molecule has 0 amide bonds. The van der Waals surface area contributed by atoms with Crippen LogP contribution >= 0.6 is 11.8 Å². The number of carbonyl (C=O) groups is 1. The van der Waals surface area contributed by atoms with E-state index >= 15 is 0 Å². The third-order valence-corrected chi connectivity index (χ3v) is 4.39. The molecular weight excluding hydrogens is 338 g/mol. The molecule has 0 aliphatic heterocycles. The molecule has 0 bridgehead atoms. The first-order valence-corrected chi connectivity index (χ1v) is 8.54. The quantitative estimate of drug-likeness (QED) is 0.527. The van der Waals surface area contributed by atoms with Crippen LogP contribution in [0.15, 0.2) is 52.0 Å². The van der Waals surface area contributed by atoms with E-state index in [-0.39, 0.29) is 11.0 Å². The number of hydrogen-bond donors (Lipinski definition) is 1. The van der Waals surface area contributed by atoms with E-state index in [1.165, 1.54) is 18.9 Å². The minimum Gasteiger partial charge on any atom is -0.463 e. The first-order valence-electron chi connectivity index (χ1n) is 7.66. The molecule has 0 radical (unpaired) electrons. The minimum atomic E-state index is -0.491. The topological polar surface area (TPSA) is 81.0 Å². The highest BCUT2D eigenvalue weighted by molar-refractivity contribution is 7.99. The van der Waals surface area contributed by atoms with E-state index in [1.54, 1.807) is 12.1 Å². The second-order valence-electron chi connectivity index (χ2n) is 5.20. The molecule has 0 saturated carbocycles. The summed E-state index contributed by atoms with van der Waals surface area (Å²) < 4.78 is 10.1. The van der Waals surface area contributed by atoms with Crippen LogP contribution in [0, 0.1) is 0 Å². The van der Waals surface area contributed by atoms with E-state index in [9.17, 15) is 4.79 Å². The Hall–Kier alpha value is -2.80. The van der Waals surface area contributed by atoms with E-state index in [2.05, 4.69) is 19.9 Å². The van der Waals surface area contributed by atoms with E-state index in [0.29, 0.717) is 16.7 Å². The van der Waals surface area contributed by atoms with Crippen LogP contribution in [0.4, 0.5) is 0 Å². The maximum atomic E-state index is 11.4. The summed E-state index contributed by atoms with van der Waals surface area (Å²) in [6, 6.07) is 13.3. The fourth-order valence-corrected chi connectivity index (χ4v) is 2.93. The second-order valence-corrected chi connectivity index (χ2v) is 6.51. The number of ether oxygens (including phenoxy) is 1. The highest BCUT2D eigenvalue weighted by atomic mass is 32.2. The van der Waals surface area contributed by atoms with Gasteiger partial charge in [-0.15, -0.1) is 5.10 Å². The average Bonchev–Trinajstić information content (AvgIpc) is 3.30. The lowest BCUT2D eigenvalue weighted by molar-refractivity contribution is 0.0563.